The average molecular weight is 917 g/mol. The summed E-state index contributed by atoms with van der Waals surface area (Å²) in [6, 6.07) is 56.4. The Morgan fingerprint density at radius 2 is 0.594 bits per heavy atom. The van der Waals surface area contributed by atoms with Crippen LogP contribution >= 0.6 is 22.6 Å². The first-order valence-electron chi connectivity index (χ1n) is 20.0. The van der Waals surface area contributed by atoms with Crippen molar-refractivity contribution in [3.05, 3.63) is 211 Å². The molecule has 64 heavy (non-hydrogen) atoms. The number of para-hydroxylation sites is 4. The molecule has 0 atom stereocenters. The van der Waals surface area contributed by atoms with E-state index in [4.69, 9.17) is 28.3 Å². The minimum atomic E-state index is -3.82. The van der Waals surface area contributed by atoms with Gasteiger partial charge in [0.05, 0.1) is 11.1 Å². The van der Waals surface area contributed by atoms with Crippen LogP contribution in [0.25, 0.3) is 0 Å². The minimum Gasteiger partial charge on any atom is -0.478 e. The van der Waals surface area contributed by atoms with Crippen LogP contribution in [0.4, 0.5) is 0 Å². The molecule has 0 amide bonds. The molecular formula is C48H43N2O11P3. The lowest BCUT2D eigenvalue weighted by atomic mass is 10.2. The van der Waals surface area contributed by atoms with Gasteiger partial charge in [0, 0.05) is 42.1 Å². The predicted molar refractivity (Wildman–Crippen MR) is 246 cm³/mol. The van der Waals surface area contributed by atoms with Crippen molar-refractivity contribution < 1.29 is 51.6 Å². The lowest BCUT2D eigenvalue weighted by molar-refractivity contribution is 0.0686. The number of carboxylic acid groups (broad SMARTS) is 2. The summed E-state index contributed by atoms with van der Waals surface area (Å²) < 4.78 is 69.6. The molecule has 0 aromatic heterocycles. The normalized spacial score (nSPS) is 13.4. The van der Waals surface area contributed by atoms with E-state index in [1.165, 1.54) is 24.3 Å². The summed E-state index contributed by atoms with van der Waals surface area (Å²) in [4.78, 5) is 22.2. The van der Waals surface area contributed by atoms with E-state index in [0.29, 0.717) is 38.9 Å². The zero-order valence-corrected chi connectivity index (χ0v) is 36.9. The van der Waals surface area contributed by atoms with Gasteiger partial charge in [0.15, 0.2) is 7.14 Å². The van der Waals surface area contributed by atoms with Crippen molar-refractivity contribution in [2.24, 2.45) is 0 Å². The Morgan fingerprint density at radius 1 is 0.359 bits per heavy atom. The van der Waals surface area contributed by atoms with Gasteiger partial charge >= 0.3 is 27.4 Å². The van der Waals surface area contributed by atoms with Crippen LogP contribution in [-0.4, -0.2) is 57.7 Å². The lowest BCUT2D eigenvalue weighted by Gasteiger charge is -2.38. The molecule has 1 fully saturated rings. The van der Waals surface area contributed by atoms with Crippen molar-refractivity contribution in [1.29, 1.82) is 0 Å². The molecule has 0 unspecified atom stereocenters. The maximum atomic E-state index is 14.2. The summed E-state index contributed by atoms with van der Waals surface area (Å²) >= 11 is 0. The molecule has 0 saturated carbocycles. The smallest absolute Gasteiger partial charge is 0.478 e. The van der Waals surface area contributed by atoms with E-state index in [-0.39, 0.29) is 37.3 Å². The average Bonchev–Trinajstić information content (AvgIpc) is 3.33. The summed E-state index contributed by atoms with van der Waals surface area (Å²) in [5, 5.41) is 19.7. The van der Waals surface area contributed by atoms with Gasteiger partial charge in [0.25, 0.3) is 0 Å². The van der Waals surface area contributed by atoms with Gasteiger partial charge in [-0.2, -0.15) is 9.34 Å². The van der Waals surface area contributed by atoms with E-state index in [1.807, 2.05) is 30.3 Å². The Balaban J connectivity index is 0.000000206. The third-order valence-corrected chi connectivity index (χ3v) is 16.9. The molecule has 13 nitrogen and oxygen atoms in total. The van der Waals surface area contributed by atoms with Gasteiger partial charge in [-0.25, -0.2) is 18.7 Å². The van der Waals surface area contributed by atoms with Crippen molar-refractivity contribution in [3.8, 4) is 23.0 Å². The van der Waals surface area contributed by atoms with Crippen molar-refractivity contribution in [2.45, 2.75) is 0 Å². The molecule has 7 aromatic carbocycles. The molecule has 0 aliphatic carbocycles. The molecule has 0 bridgehead atoms. The Kier molecular flexibility index (Phi) is 14.6. The summed E-state index contributed by atoms with van der Waals surface area (Å²) in [5.41, 5.74) is 0.212. The predicted octanol–water partition coefficient (Wildman–Crippen LogP) is 9.86. The highest BCUT2D eigenvalue weighted by atomic mass is 31.2. The molecule has 16 heteroatoms. The largest absolute Gasteiger partial charge is 0.515 e. The third kappa shape index (κ3) is 11.1. The van der Waals surface area contributed by atoms with Crippen LogP contribution in [-0.2, 0) is 13.7 Å². The van der Waals surface area contributed by atoms with Gasteiger partial charge < -0.3 is 32.9 Å². The number of carboxylic acids is 2. The van der Waals surface area contributed by atoms with Crippen molar-refractivity contribution >= 4 is 50.5 Å². The number of piperazine rings is 1. The standard InChI is InChI=1S/C28H28N2O6P2.C20H15O5P/c31-37(33-25-13-5-1-6-14-25,34-26-15-7-2-8-16-26)29-21-23-30(24-22-29)38(32,35-27-17-9-3-10-18-27)36-28-19-11-4-12-20-28;21-19(22)14-6-10-17(11-7-14)26(25,16-4-2-1-3-5-16)18-12-8-15(9-13-18)20(23)24/h1-20H,21-24H2;1-13H,(H,21,22)(H,23,24). The van der Waals surface area contributed by atoms with E-state index in [2.05, 4.69) is 0 Å². The fraction of sp³-hybridized carbons (Fsp3) is 0.0833. The monoisotopic (exact) mass is 916 g/mol. The molecule has 1 heterocycles. The van der Waals surface area contributed by atoms with Crippen LogP contribution in [0.3, 0.4) is 0 Å². The second kappa shape index (κ2) is 20.6. The second-order valence-electron chi connectivity index (χ2n) is 14.1. The highest BCUT2D eigenvalue weighted by Gasteiger charge is 2.45. The first-order chi connectivity index (χ1) is 30.9. The van der Waals surface area contributed by atoms with Gasteiger partial charge in [-0.1, -0.05) is 127 Å². The highest BCUT2D eigenvalue weighted by molar-refractivity contribution is 7.85. The SMILES string of the molecule is O=C(O)c1ccc(P(=O)(c2ccccc2)c2ccc(C(=O)O)cc2)cc1.O=P(Oc1ccccc1)(Oc1ccccc1)N1CCN(P(=O)(Oc2ccccc2)Oc2ccccc2)CC1. The zero-order valence-electron chi connectivity index (χ0n) is 34.2. The molecule has 2 N–H and O–H groups in total. The summed E-state index contributed by atoms with van der Waals surface area (Å²) in [7, 11) is -10.9. The number of nitrogens with zero attached hydrogens (tertiary/aromatic N) is 2. The number of carbonyl (C=O) groups is 2. The maximum absolute atomic E-state index is 14.2. The Morgan fingerprint density at radius 3 is 0.844 bits per heavy atom. The molecule has 8 rings (SSSR count). The van der Waals surface area contributed by atoms with Gasteiger partial charge in [-0.05, 0) is 72.8 Å². The Labute approximate surface area is 370 Å². The van der Waals surface area contributed by atoms with E-state index in [0.717, 1.165) is 0 Å². The van der Waals surface area contributed by atoms with Crippen LogP contribution in [0, 0.1) is 0 Å². The lowest BCUT2D eigenvalue weighted by Crippen LogP contribution is -2.45. The van der Waals surface area contributed by atoms with Gasteiger partial charge in [-0.3, -0.25) is 0 Å². The molecule has 1 aliphatic rings. The molecule has 1 saturated heterocycles. The van der Waals surface area contributed by atoms with Crippen LogP contribution in [0.5, 0.6) is 23.0 Å². The maximum Gasteiger partial charge on any atom is 0.515 e. The second-order valence-corrected chi connectivity index (χ2v) is 20.6. The van der Waals surface area contributed by atoms with Crippen LogP contribution in [0.15, 0.2) is 200 Å². The third-order valence-electron chi connectivity index (χ3n) is 9.86. The molecule has 0 spiro atoms. The number of hydrogen-bond acceptors (Lipinski definition) is 9. The number of aromatic carboxylic acids is 2. The quantitative estimate of drug-likeness (QED) is 0.0933. The molecule has 7 aromatic rings. The Hall–Kier alpha value is -6.71. The molecular weight excluding hydrogens is 873 g/mol. The first-order valence-corrected chi connectivity index (χ1v) is 24.7. The highest BCUT2D eigenvalue weighted by Crippen LogP contribution is 2.56. The fourth-order valence-corrected chi connectivity index (χ4v) is 12.7. The van der Waals surface area contributed by atoms with E-state index >= 15 is 0 Å². The van der Waals surface area contributed by atoms with Crippen molar-refractivity contribution in [3.63, 3.8) is 0 Å². The van der Waals surface area contributed by atoms with E-state index < -0.39 is 34.6 Å². The summed E-state index contributed by atoms with van der Waals surface area (Å²) in [5.74, 6) is -0.396. The van der Waals surface area contributed by atoms with Crippen molar-refractivity contribution in [2.75, 3.05) is 26.2 Å². The Bertz CT molecular complexity index is 2500. The van der Waals surface area contributed by atoms with E-state index in [9.17, 15) is 23.3 Å². The molecule has 1 aliphatic heterocycles. The molecule has 326 valence electrons. The van der Waals surface area contributed by atoms with Gasteiger partial charge in [0.2, 0.25) is 0 Å². The van der Waals surface area contributed by atoms with Gasteiger partial charge in [-0.15, -0.1) is 0 Å². The first kappa shape index (κ1) is 45.3. The van der Waals surface area contributed by atoms with Crippen LogP contribution in [0.2, 0.25) is 0 Å². The summed E-state index contributed by atoms with van der Waals surface area (Å²) in [6.45, 7) is 0.989. The topological polar surface area (TPSA) is 169 Å². The zero-order chi connectivity index (χ0) is 45.0. The van der Waals surface area contributed by atoms with Crippen LogP contribution < -0.4 is 34.0 Å². The number of benzene rings is 7. The number of rotatable bonds is 15. The molecule has 0 radical (unpaired) electrons. The van der Waals surface area contributed by atoms with Crippen molar-refractivity contribution in [1.82, 2.24) is 9.34 Å². The van der Waals surface area contributed by atoms with Gasteiger partial charge in [0.1, 0.15) is 23.0 Å². The van der Waals surface area contributed by atoms with E-state index in [1.54, 1.807) is 155 Å². The fourth-order valence-electron chi connectivity index (χ4n) is 6.61. The minimum absolute atomic E-state index is 0.106. The summed E-state index contributed by atoms with van der Waals surface area (Å²) in [6.07, 6.45) is 0. The van der Waals surface area contributed by atoms with Crippen LogP contribution in [0.1, 0.15) is 20.7 Å². The number of hydrogen-bond donors (Lipinski definition) is 2.